The quantitative estimate of drug-likeness (QED) is 0.159. The highest BCUT2D eigenvalue weighted by Gasteiger charge is 2.37. The molecule has 242 valence electrons. The molecule has 0 spiro atoms. The molecule has 4 N–H and O–H groups in total. The van der Waals surface area contributed by atoms with Crippen molar-refractivity contribution in [3.8, 4) is 22.5 Å². The number of methoxy groups -OCH3 is 1. The smallest absolute Gasteiger partial charge is 0.407 e. The Hall–Kier alpha value is -5.55. The third-order valence-corrected chi connectivity index (χ3v) is 9.46. The Kier molecular flexibility index (Phi) is 7.81. The number of likely N-dealkylation sites (tertiary alicyclic amines) is 1. The molecule has 11 nitrogen and oxygen atoms in total. The summed E-state index contributed by atoms with van der Waals surface area (Å²) in [5.41, 5.74) is 7.21. The van der Waals surface area contributed by atoms with Gasteiger partial charge in [0.2, 0.25) is 0 Å². The molecule has 48 heavy (non-hydrogen) atoms. The molecule has 0 aliphatic carbocycles. The average molecular weight is 641 g/mol. The number of benzene rings is 3. The third kappa shape index (κ3) is 5.66. The van der Waals surface area contributed by atoms with E-state index in [1.165, 1.54) is 13.5 Å². The first kappa shape index (κ1) is 29.8. The second kappa shape index (κ2) is 12.6. The molecule has 2 saturated heterocycles. The molecule has 2 fully saturated rings. The van der Waals surface area contributed by atoms with Crippen molar-refractivity contribution in [2.75, 3.05) is 20.2 Å². The van der Waals surface area contributed by atoms with Crippen LogP contribution in [0.5, 0.6) is 0 Å². The zero-order chi connectivity index (χ0) is 32.6. The van der Waals surface area contributed by atoms with Crippen molar-refractivity contribution in [2.45, 2.75) is 43.8 Å². The second-order valence-electron chi connectivity index (χ2n) is 12.5. The van der Waals surface area contributed by atoms with Crippen LogP contribution in [0.15, 0.2) is 85.1 Å². The van der Waals surface area contributed by atoms with Crippen molar-refractivity contribution in [2.24, 2.45) is 0 Å². The van der Waals surface area contributed by atoms with E-state index in [9.17, 15) is 9.59 Å². The molecule has 6 aromatic rings. The third-order valence-electron chi connectivity index (χ3n) is 9.46. The van der Waals surface area contributed by atoms with Crippen LogP contribution in [0.25, 0.3) is 44.5 Å². The highest BCUT2D eigenvalue weighted by Crippen LogP contribution is 2.35. The van der Waals surface area contributed by atoms with Crippen molar-refractivity contribution < 1.29 is 14.3 Å². The number of aromatic nitrogens is 5. The van der Waals surface area contributed by atoms with Crippen molar-refractivity contribution in [1.82, 2.24) is 40.5 Å². The molecule has 3 atom stereocenters. The number of ether oxygens (including phenoxy) is 1. The zero-order valence-electron chi connectivity index (χ0n) is 26.6. The maximum Gasteiger partial charge on any atom is 0.407 e. The van der Waals surface area contributed by atoms with Crippen LogP contribution in [-0.4, -0.2) is 62.0 Å². The Bertz CT molecular complexity index is 2120. The minimum absolute atomic E-state index is 0.197. The Morgan fingerprint density at radius 1 is 0.896 bits per heavy atom. The van der Waals surface area contributed by atoms with E-state index in [4.69, 9.17) is 14.7 Å². The zero-order valence-corrected chi connectivity index (χ0v) is 26.6. The van der Waals surface area contributed by atoms with E-state index in [0.717, 1.165) is 81.9 Å². The van der Waals surface area contributed by atoms with Gasteiger partial charge in [-0.05, 0) is 68.1 Å². The number of pyridine rings is 1. The SMILES string of the molecule is COC(=O)N[C@@H](C(=O)N1CCC[C@H]1c1nc2ccc(-c3ccc4cc(-c5cnc([C@@H]6CCCN6)[nH]5)ccc4n3)cc2[nH]1)c1ccccc1. The van der Waals surface area contributed by atoms with Crippen molar-refractivity contribution in [3.05, 3.63) is 102 Å². The predicted octanol–water partition coefficient (Wildman–Crippen LogP) is 6.35. The standard InChI is InChI=1S/C37H36N8O3/c1-48-37(47)44-33(22-7-3-2-4-8-22)36(46)45-18-6-10-32(45)35-41-28-16-13-25(20-30(28)42-35)27-14-11-23-19-24(12-15-26(23)40-27)31-21-39-34(43-31)29-9-5-17-38-29/h2-4,7-8,11-16,19-21,29,32-33,38H,5-6,9-10,17-18H2,1H3,(H,39,43)(H,41,42)(H,44,47)/t29-,32-,33+/m0/s1. The van der Waals surface area contributed by atoms with Crippen molar-refractivity contribution in [3.63, 3.8) is 0 Å². The van der Waals surface area contributed by atoms with E-state index in [1.807, 2.05) is 54.7 Å². The number of carbonyl (C=O) groups excluding carboxylic acids is 2. The number of imidazole rings is 2. The first-order valence-corrected chi connectivity index (χ1v) is 16.4. The largest absolute Gasteiger partial charge is 0.453 e. The molecule has 11 heteroatoms. The van der Waals surface area contributed by atoms with E-state index < -0.39 is 12.1 Å². The van der Waals surface area contributed by atoms with Gasteiger partial charge in [-0.1, -0.05) is 48.5 Å². The number of amides is 2. The van der Waals surface area contributed by atoms with Crippen LogP contribution in [0.3, 0.4) is 0 Å². The molecular formula is C37H36N8O3. The van der Waals surface area contributed by atoms with Gasteiger partial charge in [0.15, 0.2) is 0 Å². The summed E-state index contributed by atoms with van der Waals surface area (Å²) in [7, 11) is 1.29. The van der Waals surface area contributed by atoms with Crippen LogP contribution in [0.4, 0.5) is 4.79 Å². The monoisotopic (exact) mass is 640 g/mol. The number of H-pyrrole nitrogens is 2. The molecular weight excluding hydrogens is 604 g/mol. The van der Waals surface area contributed by atoms with Gasteiger partial charge in [-0.15, -0.1) is 0 Å². The van der Waals surface area contributed by atoms with E-state index in [0.29, 0.717) is 18.2 Å². The molecule has 2 aliphatic heterocycles. The first-order chi connectivity index (χ1) is 23.5. The van der Waals surface area contributed by atoms with Gasteiger partial charge in [-0.3, -0.25) is 4.79 Å². The summed E-state index contributed by atoms with van der Waals surface area (Å²) in [6.07, 6.45) is 5.13. The fourth-order valence-electron chi connectivity index (χ4n) is 6.97. The lowest BCUT2D eigenvalue weighted by atomic mass is 10.1. The summed E-state index contributed by atoms with van der Waals surface area (Å²) >= 11 is 0. The van der Waals surface area contributed by atoms with E-state index >= 15 is 0 Å². The van der Waals surface area contributed by atoms with Gasteiger partial charge in [-0.25, -0.2) is 19.7 Å². The molecule has 0 radical (unpaired) electrons. The summed E-state index contributed by atoms with van der Waals surface area (Å²) in [6.45, 7) is 1.60. The number of aromatic amines is 2. The lowest BCUT2D eigenvalue weighted by Crippen LogP contribution is -2.42. The summed E-state index contributed by atoms with van der Waals surface area (Å²) < 4.78 is 4.83. The molecule has 3 aromatic carbocycles. The summed E-state index contributed by atoms with van der Waals surface area (Å²) in [4.78, 5) is 49.4. The van der Waals surface area contributed by atoms with Gasteiger partial charge in [-0.2, -0.15) is 0 Å². The molecule has 0 saturated carbocycles. The minimum atomic E-state index is -0.864. The van der Waals surface area contributed by atoms with Crippen LogP contribution in [-0.2, 0) is 9.53 Å². The number of rotatable bonds is 7. The van der Waals surface area contributed by atoms with Gasteiger partial charge in [0.1, 0.15) is 17.7 Å². The maximum atomic E-state index is 13.9. The average Bonchev–Trinajstić information content (AvgIpc) is 3.96. The van der Waals surface area contributed by atoms with Crippen LogP contribution >= 0.6 is 0 Å². The predicted molar refractivity (Wildman–Crippen MR) is 183 cm³/mol. The van der Waals surface area contributed by atoms with Crippen LogP contribution < -0.4 is 10.6 Å². The van der Waals surface area contributed by atoms with Gasteiger partial charge in [0.05, 0.1) is 53.3 Å². The van der Waals surface area contributed by atoms with E-state index in [2.05, 4.69) is 55.9 Å². The minimum Gasteiger partial charge on any atom is -0.453 e. The lowest BCUT2D eigenvalue weighted by molar-refractivity contribution is -0.134. The second-order valence-corrected chi connectivity index (χ2v) is 12.5. The molecule has 2 aliphatic rings. The summed E-state index contributed by atoms with van der Waals surface area (Å²) in [6, 6.07) is 24.9. The molecule has 8 rings (SSSR count). The Morgan fingerprint density at radius 3 is 2.58 bits per heavy atom. The first-order valence-electron chi connectivity index (χ1n) is 16.4. The van der Waals surface area contributed by atoms with E-state index in [-0.39, 0.29) is 11.9 Å². The molecule has 0 bridgehead atoms. The lowest BCUT2D eigenvalue weighted by Gasteiger charge is -2.28. The number of hydrogen-bond acceptors (Lipinski definition) is 7. The van der Waals surface area contributed by atoms with Crippen LogP contribution in [0.2, 0.25) is 0 Å². The van der Waals surface area contributed by atoms with Gasteiger partial charge < -0.3 is 30.2 Å². The van der Waals surface area contributed by atoms with E-state index in [1.54, 1.807) is 4.90 Å². The molecule has 2 amide bonds. The number of carbonyl (C=O) groups is 2. The van der Waals surface area contributed by atoms with Crippen molar-refractivity contribution >= 4 is 33.9 Å². The van der Waals surface area contributed by atoms with Crippen molar-refractivity contribution in [1.29, 1.82) is 0 Å². The fraction of sp³-hybridized carbons (Fsp3) is 0.270. The van der Waals surface area contributed by atoms with Crippen LogP contribution in [0, 0.1) is 0 Å². The number of nitrogens with one attached hydrogen (secondary N) is 4. The Morgan fingerprint density at radius 2 is 1.75 bits per heavy atom. The van der Waals surface area contributed by atoms with Gasteiger partial charge >= 0.3 is 6.09 Å². The Labute approximate surface area is 277 Å². The summed E-state index contributed by atoms with van der Waals surface area (Å²) in [5.74, 6) is 1.52. The van der Waals surface area contributed by atoms with Gasteiger partial charge in [0.25, 0.3) is 5.91 Å². The number of nitrogens with zero attached hydrogens (tertiary/aromatic N) is 4. The maximum absolute atomic E-state index is 13.9. The Balaban J connectivity index is 1.03. The summed E-state index contributed by atoms with van der Waals surface area (Å²) in [5, 5.41) is 7.27. The topological polar surface area (TPSA) is 141 Å². The van der Waals surface area contributed by atoms with Gasteiger partial charge in [0, 0.05) is 23.1 Å². The normalized spacial score (nSPS) is 18.4. The fourth-order valence-corrected chi connectivity index (χ4v) is 6.97. The number of alkyl carbamates (subject to hydrolysis) is 1. The number of hydrogen-bond donors (Lipinski definition) is 4. The molecule has 0 unspecified atom stereocenters. The highest BCUT2D eigenvalue weighted by atomic mass is 16.5. The highest BCUT2D eigenvalue weighted by molar-refractivity contribution is 5.89. The molecule has 5 heterocycles. The molecule has 3 aromatic heterocycles. The van der Waals surface area contributed by atoms with Crippen LogP contribution in [0.1, 0.15) is 61.0 Å². The number of fused-ring (bicyclic) bond motifs is 2.